The molecule has 3 aromatic rings. The van der Waals surface area contributed by atoms with Crippen LogP contribution in [0, 0.1) is 0 Å². The normalized spacial score (nSPS) is 15.8. The molecule has 32 heavy (non-hydrogen) atoms. The number of nitrogens with one attached hydrogen (secondary N) is 2. The van der Waals surface area contributed by atoms with E-state index in [-0.39, 0.29) is 19.0 Å². The van der Waals surface area contributed by atoms with Gasteiger partial charge in [0.15, 0.2) is 6.04 Å². The summed E-state index contributed by atoms with van der Waals surface area (Å²) in [5.41, 5.74) is 2.55. The van der Waals surface area contributed by atoms with Gasteiger partial charge in [-0.25, -0.2) is 0 Å². The maximum absolute atomic E-state index is 13.8. The number of benzene rings is 3. The van der Waals surface area contributed by atoms with E-state index in [1.54, 1.807) is 0 Å². The third-order valence-corrected chi connectivity index (χ3v) is 5.57. The standard InChI is InChI=1S/C26H25N3O3/c30-24-23(25(31)28-18-19-10-4-1-5-11-19)29(17-16-27-24)26(32)22(20-12-6-2-7-13-20)21-14-8-3-9-15-21/h1-15,22-23H,16-18H2,(H,27,30)(H,28,31). The highest BCUT2D eigenvalue weighted by molar-refractivity contribution is 6.08. The second-order valence-electron chi connectivity index (χ2n) is 7.68. The van der Waals surface area contributed by atoms with Crippen molar-refractivity contribution in [2.24, 2.45) is 0 Å². The van der Waals surface area contributed by atoms with Gasteiger partial charge in [-0.05, 0) is 16.7 Å². The van der Waals surface area contributed by atoms with Crippen LogP contribution < -0.4 is 10.6 Å². The summed E-state index contributed by atoms with van der Waals surface area (Å²) in [6, 6.07) is 27.1. The summed E-state index contributed by atoms with van der Waals surface area (Å²) in [4.78, 5) is 40.9. The van der Waals surface area contributed by atoms with Crippen LogP contribution in [0.15, 0.2) is 91.0 Å². The van der Waals surface area contributed by atoms with Crippen molar-refractivity contribution in [1.29, 1.82) is 0 Å². The molecule has 0 bridgehead atoms. The van der Waals surface area contributed by atoms with E-state index in [2.05, 4.69) is 10.6 Å². The summed E-state index contributed by atoms with van der Waals surface area (Å²) < 4.78 is 0. The second-order valence-corrected chi connectivity index (χ2v) is 7.68. The second kappa shape index (κ2) is 9.92. The molecule has 1 aliphatic heterocycles. The van der Waals surface area contributed by atoms with E-state index < -0.39 is 23.8 Å². The Labute approximate surface area is 187 Å². The Bertz CT molecular complexity index is 1030. The molecule has 1 fully saturated rings. The quantitative estimate of drug-likeness (QED) is 0.593. The van der Waals surface area contributed by atoms with Crippen LogP contribution in [-0.2, 0) is 20.9 Å². The van der Waals surface area contributed by atoms with Gasteiger partial charge in [0.05, 0.1) is 5.92 Å². The topological polar surface area (TPSA) is 78.5 Å². The van der Waals surface area contributed by atoms with E-state index in [4.69, 9.17) is 0 Å². The molecule has 4 rings (SSSR count). The zero-order valence-corrected chi connectivity index (χ0v) is 17.6. The van der Waals surface area contributed by atoms with Gasteiger partial charge in [0.25, 0.3) is 11.8 Å². The zero-order chi connectivity index (χ0) is 22.3. The molecule has 6 heteroatoms. The van der Waals surface area contributed by atoms with Gasteiger partial charge in [0, 0.05) is 19.6 Å². The molecule has 0 aliphatic carbocycles. The Morgan fingerprint density at radius 3 is 1.97 bits per heavy atom. The summed E-state index contributed by atoms with van der Waals surface area (Å²) in [5.74, 6) is -1.82. The summed E-state index contributed by atoms with van der Waals surface area (Å²) >= 11 is 0. The van der Waals surface area contributed by atoms with E-state index in [1.165, 1.54) is 4.90 Å². The van der Waals surface area contributed by atoms with Gasteiger partial charge in [0.1, 0.15) is 0 Å². The first kappa shape index (κ1) is 21.3. The highest BCUT2D eigenvalue weighted by atomic mass is 16.2. The lowest BCUT2D eigenvalue weighted by Crippen LogP contribution is -2.63. The minimum Gasteiger partial charge on any atom is -0.352 e. The van der Waals surface area contributed by atoms with Crippen LogP contribution in [0.3, 0.4) is 0 Å². The monoisotopic (exact) mass is 427 g/mol. The van der Waals surface area contributed by atoms with Crippen LogP contribution >= 0.6 is 0 Å². The molecule has 6 nitrogen and oxygen atoms in total. The molecule has 0 saturated carbocycles. The molecule has 0 radical (unpaired) electrons. The molecule has 162 valence electrons. The number of rotatable bonds is 6. The minimum absolute atomic E-state index is 0.267. The van der Waals surface area contributed by atoms with E-state index in [1.807, 2.05) is 91.0 Å². The van der Waals surface area contributed by atoms with Gasteiger partial charge in [-0.3, -0.25) is 14.4 Å². The molecule has 2 N–H and O–H groups in total. The Morgan fingerprint density at radius 2 is 1.41 bits per heavy atom. The lowest BCUT2D eigenvalue weighted by Gasteiger charge is -2.36. The molecule has 1 unspecified atom stereocenters. The maximum Gasteiger partial charge on any atom is 0.252 e. The average Bonchev–Trinajstić information content (AvgIpc) is 2.84. The molecule has 1 heterocycles. The van der Waals surface area contributed by atoms with E-state index >= 15 is 0 Å². The summed E-state index contributed by atoms with van der Waals surface area (Å²) in [6.45, 7) is 0.861. The molecular formula is C26H25N3O3. The van der Waals surface area contributed by atoms with Crippen molar-refractivity contribution in [1.82, 2.24) is 15.5 Å². The third-order valence-electron chi connectivity index (χ3n) is 5.57. The highest BCUT2D eigenvalue weighted by Crippen LogP contribution is 2.28. The van der Waals surface area contributed by atoms with Crippen LogP contribution in [0.25, 0.3) is 0 Å². The van der Waals surface area contributed by atoms with Crippen LogP contribution in [0.2, 0.25) is 0 Å². The summed E-state index contributed by atoms with van der Waals surface area (Å²) in [5, 5.41) is 5.53. The first-order chi connectivity index (χ1) is 15.6. The van der Waals surface area contributed by atoms with Gasteiger partial charge in [-0.1, -0.05) is 91.0 Å². The van der Waals surface area contributed by atoms with Crippen molar-refractivity contribution < 1.29 is 14.4 Å². The van der Waals surface area contributed by atoms with Crippen LogP contribution in [0.4, 0.5) is 0 Å². The minimum atomic E-state index is -1.21. The lowest BCUT2D eigenvalue weighted by molar-refractivity contribution is -0.150. The van der Waals surface area contributed by atoms with Crippen molar-refractivity contribution in [2.45, 2.75) is 18.5 Å². The third kappa shape index (κ3) is 4.70. The predicted molar refractivity (Wildman–Crippen MR) is 122 cm³/mol. The fraction of sp³-hybridized carbons (Fsp3) is 0.192. The largest absolute Gasteiger partial charge is 0.352 e. The number of amides is 3. The molecule has 1 saturated heterocycles. The van der Waals surface area contributed by atoms with Crippen molar-refractivity contribution >= 4 is 17.7 Å². The van der Waals surface area contributed by atoms with Crippen LogP contribution in [-0.4, -0.2) is 41.8 Å². The molecule has 1 aliphatic rings. The number of hydrogen-bond acceptors (Lipinski definition) is 3. The first-order valence-corrected chi connectivity index (χ1v) is 10.6. The van der Waals surface area contributed by atoms with Gasteiger partial charge >= 0.3 is 0 Å². The van der Waals surface area contributed by atoms with Crippen molar-refractivity contribution in [2.75, 3.05) is 13.1 Å². The fourth-order valence-electron chi connectivity index (χ4n) is 3.98. The van der Waals surface area contributed by atoms with Crippen LogP contribution in [0.5, 0.6) is 0 Å². The predicted octanol–water partition coefficient (Wildman–Crippen LogP) is 2.46. The van der Waals surface area contributed by atoms with Gasteiger partial charge in [-0.15, -0.1) is 0 Å². The van der Waals surface area contributed by atoms with Gasteiger partial charge in [-0.2, -0.15) is 0 Å². The smallest absolute Gasteiger partial charge is 0.252 e. The molecule has 0 spiro atoms. The lowest BCUT2D eigenvalue weighted by atomic mass is 9.89. The first-order valence-electron chi connectivity index (χ1n) is 10.6. The Balaban J connectivity index is 1.61. The van der Waals surface area contributed by atoms with E-state index in [0.29, 0.717) is 6.54 Å². The van der Waals surface area contributed by atoms with Gasteiger partial charge in [0.2, 0.25) is 5.91 Å². The Kier molecular flexibility index (Phi) is 6.60. The maximum atomic E-state index is 13.8. The molecular weight excluding hydrogens is 402 g/mol. The summed E-state index contributed by atoms with van der Waals surface area (Å²) in [6.07, 6.45) is 0. The number of piperazine rings is 1. The number of hydrogen-bond donors (Lipinski definition) is 2. The molecule has 0 aromatic heterocycles. The van der Waals surface area contributed by atoms with E-state index in [0.717, 1.165) is 16.7 Å². The Morgan fingerprint density at radius 1 is 0.875 bits per heavy atom. The highest BCUT2D eigenvalue weighted by Gasteiger charge is 2.41. The van der Waals surface area contributed by atoms with Gasteiger partial charge < -0.3 is 15.5 Å². The molecule has 1 atom stereocenters. The Hall–Kier alpha value is -3.93. The van der Waals surface area contributed by atoms with E-state index in [9.17, 15) is 14.4 Å². The van der Waals surface area contributed by atoms with Crippen molar-refractivity contribution in [3.8, 4) is 0 Å². The SMILES string of the molecule is O=C1NCCN(C(=O)C(c2ccccc2)c2ccccc2)C1C(=O)NCc1ccccc1. The number of nitrogens with zero attached hydrogens (tertiary/aromatic N) is 1. The zero-order valence-electron chi connectivity index (χ0n) is 17.6. The number of carbonyl (C=O) groups is 3. The van der Waals surface area contributed by atoms with Crippen LogP contribution in [0.1, 0.15) is 22.6 Å². The molecule has 3 aromatic carbocycles. The number of carbonyl (C=O) groups excluding carboxylic acids is 3. The van der Waals surface area contributed by atoms with Crippen molar-refractivity contribution in [3.63, 3.8) is 0 Å². The van der Waals surface area contributed by atoms with Crippen molar-refractivity contribution in [3.05, 3.63) is 108 Å². The molecule has 3 amide bonds. The average molecular weight is 428 g/mol. The fourth-order valence-corrected chi connectivity index (χ4v) is 3.98. The summed E-state index contributed by atoms with van der Waals surface area (Å²) in [7, 11) is 0.